The molecule has 0 amide bonds. The van der Waals surface area contributed by atoms with Gasteiger partial charge in [-0.3, -0.25) is 0 Å². The fourth-order valence-corrected chi connectivity index (χ4v) is 4.10. The zero-order valence-corrected chi connectivity index (χ0v) is 16.4. The van der Waals surface area contributed by atoms with Crippen LogP contribution in [0.1, 0.15) is 50.3 Å². The Labute approximate surface area is 164 Å². The van der Waals surface area contributed by atoms with Crippen LogP contribution in [0, 0.1) is 18.7 Å². The van der Waals surface area contributed by atoms with Crippen LogP contribution < -0.4 is 5.32 Å². The zero-order chi connectivity index (χ0) is 19.7. The Morgan fingerprint density at radius 3 is 2.64 bits per heavy atom. The normalized spacial score (nSPS) is 17.4. The van der Waals surface area contributed by atoms with E-state index in [1.54, 1.807) is 18.3 Å². The lowest BCUT2D eigenvalue weighted by Crippen LogP contribution is -2.34. The number of aliphatic hydroxyl groups is 1. The fourth-order valence-electron chi connectivity index (χ4n) is 4.10. The Balaban J connectivity index is 1.65. The zero-order valence-electron chi connectivity index (χ0n) is 16.4. The maximum Gasteiger partial charge on any atom is 0.146 e. The molecule has 0 bridgehead atoms. The summed E-state index contributed by atoms with van der Waals surface area (Å²) in [5.74, 6) is 0.438. The molecule has 2 N–H and O–H groups in total. The molecule has 3 aromatic rings. The molecule has 0 spiro atoms. The molecule has 2 aromatic heterocycles. The highest BCUT2D eigenvalue weighted by atomic mass is 19.1. The molecule has 4 nitrogen and oxygen atoms in total. The Bertz CT molecular complexity index is 996. The first-order valence-corrected chi connectivity index (χ1v) is 9.96. The lowest BCUT2D eigenvalue weighted by molar-refractivity contribution is -0.0249. The number of pyridine rings is 2. The van der Waals surface area contributed by atoms with Gasteiger partial charge in [0, 0.05) is 17.6 Å². The van der Waals surface area contributed by atoms with Crippen LogP contribution >= 0.6 is 0 Å². The van der Waals surface area contributed by atoms with Crippen LogP contribution in [0.15, 0.2) is 42.6 Å². The SMILES string of the molecule is Cc1ccc(Nc2cc3nc(C(C)(O)C4CCCCC4)ccc3cn2)c(F)c1. The van der Waals surface area contributed by atoms with Crippen molar-refractivity contribution in [2.75, 3.05) is 5.32 Å². The summed E-state index contributed by atoms with van der Waals surface area (Å²) in [6.07, 6.45) is 7.35. The number of fused-ring (bicyclic) bond motifs is 1. The van der Waals surface area contributed by atoms with E-state index in [1.165, 1.54) is 12.5 Å². The van der Waals surface area contributed by atoms with Crippen molar-refractivity contribution in [1.82, 2.24) is 9.97 Å². The molecule has 5 heteroatoms. The Kier molecular flexibility index (Phi) is 5.02. The van der Waals surface area contributed by atoms with Crippen molar-refractivity contribution in [3.8, 4) is 0 Å². The molecule has 2 heterocycles. The molecule has 1 saturated carbocycles. The van der Waals surface area contributed by atoms with Crippen LogP contribution in [0.3, 0.4) is 0 Å². The molecule has 1 unspecified atom stereocenters. The van der Waals surface area contributed by atoms with Crippen molar-refractivity contribution in [2.24, 2.45) is 5.92 Å². The molecule has 0 radical (unpaired) electrons. The molecule has 28 heavy (non-hydrogen) atoms. The van der Waals surface area contributed by atoms with E-state index in [9.17, 15) is 9.50 Å². The number of nitrogens with zero attached hydrogens (tertiary/aromatic N) is 2. The van der Waals surface area contributed by atoms with E-state index in [4.69, 9.17) is 4.98 Å². The second kappa shape index (κ2) is 7.47. The number of nitrogens with one attached hydrogen (secondary N) is 1. The van der Waals surface area contributed by atoms with Crippen LogP contribution in [0.4, 0.5) is 15.9 Å². The summed E-state index contributed by atoms with van der Waals surface area (Å²) in [5.41, 5.74) is 1.71. The van der Waals surface area contributed by atoms with Crippen LogP contribution in [0.25, 0.3) is 10.9 Å². The van der Waals surface area contributed by atoms with Gasteiger partial charge in [-0.2, -0.15) is 0 Å². The van der Waals surface area contributed by atoms with Gasteiger partial charge in [-0.05, 0) is 62.4 Å². The molecule has 1 aliphatic carbocycles. The summed E-state index contributed by atoms with van der Waals surface area (Å²) in [7, 11) is 0. The molecule has 1 fully saturated rings. The Morgan fingerprint density at radius 2 is 1.89 bits per heavy atom. The van der Waals surface area contributed by atoms with Gasteiger partial charge in [0.2, 0.25) is 0 Å². The summed E-state index contributed by atoms with van der Waals surface area (Å²) in [5, 5.41) is 15.1. The molecule has 0 aliphatic heterocycles. The van der Waals surface area contributed by atoms with Crippen molar-refractivity contribution < 1.29 is 9.50 Å². The predicted octanol–water partition coefficient (Wildman–Crippen LogP) is 5.61. The third-order valence-corrected chi connectivity index (χ3v) is 5.88. The van der Waals surface area contributed by atoms with Crippen LogP contribution in [-0.4, -0.2) is 15.1 Å². The predicted molar refractivity (Wildman–Crippen MR) is 110 cm³/mol. The van der Waals surface area contributed by atoms with Crippen LogP contribution in [0.5, 0.6) is 0 Å². The first-order valence-electron chi connectivity index (χ1n) is 9.96. The highest BCUT2D eigenvalue weighted by molar-refractivity contribution is 5.81. The van der Waals surface area contributed by atoms with Gasteiger partial charge < -0.3 is 10.4 Å². The first kappa shape index (κ1) is 18.8. The average molecular weight is 379 g/mol. The quantitative estimate of drug-likeness (QED) is 0.619. The van der Waals surface area contributed by atoms with Crippen molar-refractivity contribution in [2.45, 2.75) is 51.6 Å². The minimum atomic E-state index is -0.950. The largest absolute Gasteiger partial charge is 0.384 e. The third kappa shape index (κ3) is 3.72. The standard InChI is InChI=1S/C23H26FN3O/c1-15-8-10-19(18(24)12-15)27-22-13-20-16(14-25-22)9-11-21(26-20)23(2,28)17-6-4-3-5-7-17/h8-14,17,28H,3-7H2,1-2H3,(H,25,27). The van der Waals surface area contributed by atoms with Gasteiger partial charge >= 0.3 is 0 Å². The van der Waals surface area contributed by atoms with Crippen LogP contribution in [0.2, 0.25) is 0 Å². The number of rotatable bonds is 4. The smallest absolute Gasteiger partial charge is 0.146 e. The third-order valence-electron chi connectivity index (χ3n) is 5.88. The highest BCUT2D eigenvalue weighted by Crippen LogP contribution is 2.38. The van der Waals surface area contributed by atoms with Crippen molar-refractivity contribution in [1.29, 1.82) is 0 Å². The van der Waals surface area contributed by atoms with Gasteiger partial charge in [0.15, 0.2) is 0 Å². The van der Waals surface area contributed by atoms with Gasteiger partial charge in [-0.15, -0.1) is 0 Å². The first-order chi connectivity index (χ1) is 13.4. The minimum Gasteiger partial charge on any atom is -0.384 e. The molecule has 1 aromatic carbocycles. The summed E-state index contributed by atoms with van der Waals surface area (Å²) in [6, 6.07) is 10.7. The van der Waals surface area contributed by atoms with Crippen molar-refractivity contribution in [3.63, 3.8) is 0 Å². The van der Waals surface area contributed by atoms with E-state index in [1.807, 2.05) is 32.0 Å². The lowest BCUT2D eigenvalue weighted by atomic mass is 9.76. The molecule has 1 atom stereocenters. The number of hydrogen-bond donors (Lipinski definition) is 2. The van der Waals surface area contributed by atoms with E-state index in [2.05, 4.69) is 10.3 Å². The molecule has 4 rings (SSSR count). The number of aromatic nitrogens is 2. The van der Waals surface area contributed by atoms with Crippen molar-refractivity contribution >= 4 is 22.4 Å². The van der Waals surface area contributed by atoms with Gasteiger partial charge in [0.05, 0.1) is 16.9 Å². The highest BCUT2D eigenvalue weighted by Gasteiger charge is 2.35. The van der Waals surface area contributed by atoms with E-state index < -0.39 is 5.60 Å². The van der Waals surface area contributed by atoms with Gasteiger partial charge in [-0.1, -0.05) is 25.3 Å². The van der Waals surface area contributed by atoms with Gasteiger partial charge in [-0.25, -0.2) is 14.4 Å². The van der Waals surface area contributed by atoms with E-state index >= 15 is 0 Å². The van der Waals surface area contributed by atoms with E-state index in [0.29, 0.717) is 17.2 Å². The number of benzene rings is 1. The second-order valence-corrected chi connectivity index (χ2v) is 8.05. The molecule has 1 aliphatic rings. The number of anilines is 2. The Morgan fingerprint density at radius 1 is 1.11 bits per heavy atom. The maximum absolute atomic E-state index is 14.1. The van der Waals surface area contributed by atoms with E-state index in [0.717, 1.165) is 42.1 Å². The van der Waals surface area contributed by atoms with Gasteiger partial charge in [0.25, 0.3) is 0 Å². The van der Waals surface area contributed by atoms with Crippen molar-refractivity contribution in [3.05, 3.63) is 59.7 Å². The Hall–Kier alpha value is -2.53. The fraction of sp³-hybridized carbons (Fsp3) is 0.391. The molecular weight excluding hydrogens is 353 g/mol. The van der Waals surface area contributed by atoms with E-state index in [-0.39, 0.29) is 11.7 Å². The number of halogens is 1. The molecular formula is C23H26FN3O. The summed E-state index contributed by atoms with van der Waals surface area (Å²) < 4.78 is 14.1. The lowest BCUT2D eigenvalue weighted by Gasteiger charge is -2.35. The van der Waals surface area contributed by atoms with Gasteiger partial charge in [0.1, 0.15) is 17.2 Å². The average Bonchev–Trinajstić information content (AvgIpc) is 2.70. The summed E-state index contributed by atoms with van der Waals surface area (Å²) in [4.78, 5) is 9.10. The second-order valence-electron chi connectivity index (χ2n) is 8.05. The maximum atomic E-state index is 14.1. The van der Waals surface area contributed by atoms with Crippen LogP contribution in [-0.2, 0) is 5.60 Å². The number of aryl methyl sites for hydroxylation is 1. The molecule has 0 saturated heterocycles. The topological polar surface area (TPSA) is 58.0 Å². The minimum absolute atomic E-state index is 0.229. The number of hydrogen-bond acceptors (Lipinski definition) is 4. The molecule has 146 valence electrons. The summed E-state index contributed by atoms with van der Waals surface area (Å²) in [6.45, 7) is 3.73. The summed E-state index contributed by atoms with van der Waals surface area (Å²) >= 11 is 0. The monoisotopic (exact) mass is 379 g/mol.